The van der Waals surface area contributed by atoms with Gasteiger partial charge in [-0.05, 0) is 19.1 Å². The number of rotatable bonds is 1. The average Bonchev–Trinajstić information content (AvgIpc) is 2.89. The number of nitrogens with zero attached hydrogens (tertiary/aromatic N) is 1. The molecule has 0 spiro atoms. The first kappa shape index (κ1) is 12.2. The van der Waals surface area contributed by atoms with Crippen LogP contribution in [0.2, 0.25) is 0 Å². The van der Waals surface area contributed by atoms with Crippen molar-refractivity contribution in [2.45, 2.75) is 6.92 Å². The van der Waals surface area contributed by atoms with Gasteiger partial charge in [0.15, 0.2) is 11.5 Å². The Morgan fingerprint density at radius 2 is 1.86 bits per heavy atom. The van der Waals surface area contributed by atoms with Crippen LogP contribution in [0.15, 0.2) is 30.3 Å². The largest absolute Gasteiger partial charge is 0.486 e. The van der Waals surface area contributed by atoms with Gasteiger partial charge in [0, 0.05) is 12.1 Å². The van der Waals surface area contributed by atoms with Crippen LogP contribution in [-0.4, -0.2) is 23.2 Å². The van der Waals surface area contributed by atoms with Crippen molar-refractivity contribution in [2.75, 3.05) is 13.2 Å². The minimum absolute atomic E-state index is 0.295. The van der Waals surface area contributed by atoms with Gasteiger partial charge in [0.25, 0.3) is 0 Å². The zero-order chi connectivity index (χ0) is 14.4. The normalized spacial score (nSPS) is 13.6. The number of ether oxygens (including phenoxy) is 2. The van der Waals surface area contributed by atoms with E-state index in [1.807, 2.05) is 19.1 Å². The molecule has 0 aliphatic carbocycles. The quantitative estimate of drug-likeness (QED) is 0.744. The summed E-state index contributed by atoms with van der Waals surface area (Å²) in [5.74, 6) is 1.58. The molecule has 0 saturated heterocycles. The molecular formula is C16H13FN2O2. The summed E-state index contributed by atoms with van der Waals surface area (Å²) in [6.45, 7) is 2.99. The summed E-state index contributed by atoms with van der Waals surface area (Å²) in [5, 5.41) is 0. The molecule has 0 unspecified atom stereocenters. The summed E-state index contributed by atoms with van der Waals surface area (Å²) in [4.78, 5) is 7.61. The molecule has 0 saturated carbocycles. The van der Waals surface area contributed by atoms with Crippen molar-refractivity contribution in [1.29, 1.82) is 0 Å². The van der Waals surface area contributed by atoms with E-state index in [9.17, 15) is 4.39 Å². The zero-order valence-electron chi connectivity index (χ0n) is 11.4. The van der Waals surface area contributed by atoms with Crippen molar-refractivity contribution in [3.8, 4) is 22.9 Å². The van der Waals surface area contributed by atoms with Gasteiger partial charge in [0.05, 0.1) is 16.6 Å². The molecule has 3 aromatic rings. The fourth-order valence-corrected chi connectivity index (χ4v) is 2.49. The lowest BCUT2D eigenvalue weighted by atomic mass is 10.1. The second-order valence-electron chi connectivity index (χ2n) is 5.08. The van der Waals surface area contributed by atoms with Crippen molar-refractivity contribution < 1.29 is 13.9 Å². The fraction of sp³-hybridized carbons (Fsp3) is 0.188. The molecule has 106 valence electrons. The van der Waals surface area contributed by atoms with Gasteiger partial charge < -0.3 is 14.5 Å². The third-order valence-electron chi connectivity index (χ3n) is 3.52. The van der Waals surface area contributed by atoms with Crippen LogP contribution < -0.4 is 9.47 Å². The maximum atomic E-state index is 14.0. The van der Waals surface area contributed by atoms with Gasteiger partial charge in [-0.1, -0.05) is 11.6 Å². The Morgan fingerprint density at radius 1 is 1.10 bits per heavy atom. The lowest BCUT2D eigenvalue weighted by Crippen LogP contribution is -2.15. The molecule has 0 radical (unpaired) electrons. The molecule has 0 fully saturated rings. The Kier molecular flexibility index (Phi) is 2.60. The molecule has 2 heterocycles. The van der Waals surface area contributed by atoms with Crippen molar-refractivity contribution >= 4 is 11.0 Å². The number of hydrogen-bond acceptors (Lipinski definition) is 3. The lowest BCUT2D eigenvalue weighted by Gasteiger charge is -2.17. The van der Waals surface area contributed by atoms with Crippen molar-refractivity contribution in [1.82, 2.24) is 9.97 Å². The first-order valence-corrected chi connectivity index (χ1v) is 6.76. The van der Waals surface area contributed by atoms with E-state index in [0.29, 0.717) is 36.1 Å². The van der Waals surface area contributed by atoms with Gasteiger partial charge in [-0.2, -0.15) is 0 Å². The monoisotopic (exact) mass is 284 g/mol. The Balaban J connectivity index is 1.88. The number of hydrogen-bond donors (Lipinski definition) is 1. The summed E-state index contributed by atoms with van der Waals surface area (Å²) in [6, 6.07) is 8.63. The third kappa shape index (κ3) is 2.01. The van der Waals surface area contributed by atoms with Crippen molar-refractivity contribution in [3.63, 3.8) is 0 Å². The van der Waals surface area contributed by atoms with Gasteiger partial charge in [0.2, 0.25) is 0 Å². The molecule has 1 N–H and O–H groups in total. The van der Waals surface area contributed by atoms with E-state index in [4.69, 9.17) is 9.47 Å². The number of benzene rings is 2. The van der Waals surface area contributed by atoms with E-state index < -0.39 is 0 Å². The molecule has 2 aromatic carbocycles. The average molecular weight is 284 g/mol. The number of imidazole rings is 1. The summed E-state index contributed by atoms with van der Waals surface area (Å²) in [7, 11) is 0. The van der Waals surface area contributed by atoms with Gasteiger partial charge >= 0.3 is 0 Å². The minimum atomic E-state index is -0.295. The van der Waals surface area contributed by atoms with Crippen LogP contribution >= 0.6 is 0 Å². The molecule has 0 amide bonds. The summed E-state index contributed by atoms with van der Waals surface area (Å²) < 4.78 is 25.1. The maximum Gasteiger partial charge on any atom is 0.163 e. The first-order chi connectivity index (χ1) is 10.2. The highest BCUT2D eigenvalue weighted by molar-refractivity contribution is 5.83. The zero-order valence-corrected chi connectivity index (χ0v) is 11.4. The van der Waals surface area contributed by atoms with Gasteiger partial charge in [0.1, 0.15) is 24.9 Å². The van der Waals surface area contributed by atoms with E-state index in [-0.39, 0.29) is 5.82 Å². The van der Waals surface area contributed by atoms with E-state index in [2.05, 4.69) is 9.97 Å². The number of aromatic amines is 1. The number of halogens is 1. The Labute approximate surface area is 120 Å². The standard InChI is InChI=1S/C16H13FN2O2/c1-9-2-3-11(17)10(6-9)16-18-12-7-14-15(8-13(12)19-16)21-5-4-20-14/h2-3,6-8H,4-5H2,1H3,(H,18,19). The number of aryl methyl sites for hydroxylation is 1. The second-order valence-corrected chi connectivity index (χ2v) is 5.08. The van der Waals surface area contributed by atoms with Crippen LogP contribution in [0, 0.1) is 12.7 Å². The Hall–Kier alpha value is -2.56. The van der Waals surface area contributed by atoms with Gasteiger partial charge in [-0.25, -0.2) is 9.37 Å². The van der Waals surface area contributed by atoms with E-state index in [1.165, 1.54) is 6.07 Å². The summed E-state index contributed by atoms with van der Waals surface area (Å²) in [6.07, 6.45) is 0. The molecular weight excluding hydrogens is 271 g/mol. The van der Waals surface area contributed by atoms with E-state index >= 15 is 0 Å². The fourth-order valence-electron chi connectivity index (χ4n) is 2.49. The predicted molar refractivity (Wildman–Crippen MR) is 77.2 cm³/mol. The number of nitrogens with one attached hydrogen (secondary N) is 1. The van der Waals surface area contributed by atoms with Gasteiger partial charge in [-0.15, -0.1) is 0 Å². The highest BCUT2D eigenvalue weighted by Crippen LogP contribution is 2.35. The Morgan fingerprint density at radius 3 is 2.67 bits per heavy atom. The van der Waals surface area contributed by atoms with Crippen molar-refractivity contribution in [3.05, 3.63) is 41.7 Å². The highest BCUT2D eigenvalue weighted by atomic mass is 19.1. The molecule has 21 heavy (non-hydrogen) atoms. The van der Waals surface area contributed by atoms with Crippen LogP contribution in [-0.2, 0) is 0 Å². The van der Waals surface area contributed by atoms with Crippen LogP contribution in [0.4, 0.5) is 4.39 Å². The number of aromatic nitrogens is 2. The molecule has 1 aliphatic heterocycles. The summed E-state index contributed by atoms with van der Waals surface area (Å²) >= 11 is 0. The van der Waals surface area contributed by atoms with Gasteiger partial charge in [-0.3, -0.25) is 0 Å². The molecule has 0 bridgehead atoms. The van der Waals surface area contributed by atoms with E-state index in [1.54, 1.807) is 12.1 Å². The smallest absolute Gasteiger partial charge is 0.163 e. The molecule has 1 aliphatic rings. The molecule has 4 rings (SSSR count). The molecule has 1 aromatic heterocycles. The number of H-pyrrole nitrogens is 1. The van der Waals surface area contributed by atoms with Crippen molar-refractivity contribution in [2.24, 2.45) is 0 Å². The topological polar surface area (TPSA) is 47.1 Å². The minimum Gasteiger partial charge on any atom is -0.486 e. The van der Waals surface area contributed by atoms with E-state index in [0.717, 1.165) is 16.6 Å². The third-order valence-corrected chi connectivity index (χ3v) is 3.52. The molecule has 0 atom stereocenters. The highest BCUT2D eigenvalue weighted by Gasteiger charge is 2.16. The predicted octanol–water partition coefficient (Wildman–Crippen LogP) is 3.45. The lowest BCUT2D eigenvalue weighted by molar-refractivity contribution is 0.172. The summed E-state index contributed by atoms with van der Waals surface area (Å²) in [5.41, 5.74) is 2.98. The SMILES string of the molecule is Cc1ccc(F)c(-c2nc3cc4c(cc3[nH]2)OCCO4)c1. The Bertz CT molecular complexity index is 799. The van der Waals surface area contributed by atoms with Crippen LogP contribution in [0.5, 0.6) is 11.5 Å². The molecule has 4 nitrogen and oxygen atoms in total. The molecule has 5 heteroatoms. The maximum absolute atomic E-state index is 14.0. The second kappa shape index (κ2) is 4.48. The first-order valence-electron chi connectivity index (χ1n) is 6.76. The van der Waals surface area contributed by atoms with Crippen LogP contribution in [0.25, 0.3) is 22.4 Å². The number of fused-ring (bicyclic) bond motifs is 2. The van der Waals surface area contributed by atoms with Crippen LogP contribution in [0.1, 0.15) is 5.56 Å². The van der Waals surface area contributed by atoms with Crippen LogP contribution in [0.3, 0.4) is 0 Å².